The van der Waals surface area contributed by atoms with Crippen LogP contribution in [0.3, 0.4) is 0 Å². The van der Waals surface area contributed by atoms with Crippen molar-refractivity contribution < 1.29 is 14.4 Å². The van der Waals surface area contributed by atoms with Crippen molar-refractivity contribution in [2.45, 2.75) is 6.92 Å². The van der Waals surface area contributed by atoms with Gasteiger partial charge in [-0.3, -0.25) is 14.9 Å². The minimum atomic E-state index is -0.745. The lowest BCUT2D eigenvalue weighted by atomic mass is 10.1. The first kappa shape index (κ1) is 17.4. The van der Waals surface area contributed by atoms with Crippen LogP contribution in [0.1, 0.15) is 11.1 Å². The zero-order valence-electron chi connectivity index (χ0n) is 14.8. The van der Waals surface area contributed by atoms with E-state index < -0.39 is 17.8 Å². The molecule has 1 heterocycles. The second-order valence-corrected chi connectivity index (χ2v) is 6.28. The summed E-state index contributed by atoms with van der Waals surface area (Å²) in [5, 5.41) is 2.23. The number of urea groups is 1. The largest absolute Gasteiger partial charge is 0.378 e. The average molecular weight is 349 g/mol. The number of amides is 4. The summed E-state index contributed by atoms with van der Waals surface area (Å²) in [5.41, 5.74) is 2.96. The van der Waals surface area contributed by atoms with Crippen LogP contribution in [-0.4, -0.2) is 31.9 Å². The van der Waals surface area contributed by atoms with Crippen molar-refractivity contribution in [3.63, 3.8) is 0 Å². The van der Waals surface area contributed by atoms with E-state index in [0.29, 0.717) is 11.3 Å². The lowest BCUT2D eigenvalue weighted by Crippen LogP contribution is -2.54. The van der Waals surface area contributed by atoms with E-state index in [-0.39, 0.29) is 5.57 Å². The molecule has 0 aliphatic carbocycles. The van der Waals surface area contributed by atoms with Crippen LogP contribution < -0.4 is 15.1 Å². The molecule has 26 heavy (non-hydrogen) atoms. The van der Waals surface area contributed by atoms with E-state index >= 15 is 0 Å². The molecule has 0 unspecified atom stereocenters. The van der Waals surface area contributed by atoms with Crippen LogP contribution in [0.2, 0.25) is 0 Å². The van der Waals surface area contributed by atoms with Gasteiger partial charge in [-0.25, -0.2) is 9.69 Å². The number of hydrogen-bond donors (Lipinski definition) is 1. The van der Waals surface area contributed by atoms with E-state index in [9.17, 15) is 14.4 Å². The van der Waals surface area contributed by atoms with Crippen LogP contribution in [0.25, 0.3) is 6.08 Å². The highest BCUT2D eigenvalue weighted by molar-refractivity contribution is 6.39. The summed E-state index contributed by atoms with van der Waals surface area (Å²) in [5.74, 6) is -1.33. The first-order valence-electron chi connectivity index (χ1n) is 8.12. The number of carbonyl (C=O) groups is 3. The van der Waals surface area contributed by atoms with Gasteiger partial charge < -0.3 is 4.90 Å². The molecule has 0 aromatic heterocycles. The van der Waals surface area contributed by atoms with Gasteiger partial charge in [0.15, 0.2) is 0 Å². The van der Waals surface area contributed by atoms with E-state index in [1.807, 2.05) is 56.3 Å². The summed E-state index contributed by atoms with van der Waals surface area (Å²) >= 11 is 0. The Labute approximate surface area is 151 Å². The molecule has 4 amide bonds. The molecule has 1 saturated heterocycles. The molecule has 1 aliphatic heterocycles. The standard InChI is InChI=1S/C20H19N3O3/c1-13-5-4-6-16(11-13)23-19(25)17(18(24)21-20(23)26)12-14-7-9-15(10-8-14)22(2)3/h4-12H,1-3H3,(H,21,24,26). The van der Waals surface area contributed by atoms with Crippen molar-refractivity contribution in [1.82, 2.24) is 5.32 Å². The fourth-order valence-electron chi connectivity index (χ4n) is 2.69. The maximum atomic E-state index is 12.8. The van der Waals surface area contributed by atoms with Gasteiger partial charge >= 0.3 is 6.03 Å². The molecule has 0 spiro atoms. The fraction of sp³-hybridized carbons (Fsp3) is 0.150. The Hall–Kier alpha value is -3.41. The fourth-order valence-corrected chi connectivity index (χ4v) is 2.69. The van der Waals surface area contributed by atoms with Gasteiger partial charge in [0.05, 0.1) is 5.69 Å². The third kappa shape index (κ3) is 3.35. The number of carbonyl (C=O) groups excluding carboxylic acids is 3. The molecule has 1 fully saturated rings. The first-order chi connectivity index (χ1) is 12.4. The number of nitrogens with one attached hydrogen (secondary N) is 1. The number of imide groups is 2. The number of barbiturate groups is 1. The van der Waals surface area contributed by atoms with Crippen LogP contribution in [0.4, 0.5) is 16.2 Å². The number of hydrogen-bond acceptors (Lipinski definition) is 4. The molecule has 6 heteroatoms. The van der Waals surface area contributed by atoms with Gasteiger partial charge in [0.25, 0.3) is 11.8 Å². The molecule has 2 aromatic rings. The summed E-state index contributed by atoms with van der Waals surface area (Å²) in [4.78, 5) is 40.1. The van der Waals surface area contributed by atoms with Crippen LogP contribution in [0.15, 0.2) is 54.1 Å². The van der Waals surface area contributed by atoms with Gasteiger partial charge in [0.1, 0.15) is 5.57 Å². The van der Waals surface area contributed by atoms with E-state index in [1.54, 1.807) is 18.2 Å². The number of nitrogens with zero attached hydrogens (tertiary/aromatic N) is 2. The summed E-state index contributed by atoms with van der Waals surface area (Å²) in [6.07, 6.45) is 1.49. The predicted molar refractivity (Wildman–Crippen MR) is 101 cm³/mol. The third-order valence-electron chi connectivity index (χ3n) is 4.08. The van der Waals surface area contributed by atoms with E-state index in [0.717, 1.165) is 16.2 Å². The maximum Gasteiger partial charge on any atom is 0.335 e. The van der Waals surface area contributed by atoms with Gasteiger partial charge in [-0.05, 0) is 48.4 Å². The maximum absolute atomic E-state index is 12.8. The summed E-state index contributed by atoms with van der Waals surface area (Å²) in [7, 11) is 3.85. The van der Waals surface area contributed by atoms with Crippen molar-refractivity contribution in [2.75, 3.05) is 23.9 Å². The molecule has 0 radical (unpaired) electrons. The predicted octanol–water partition coefficient (Wildman–Crippen LogP) is 2.73. The average Bonchev–Trinajstić information content (AvgIpc) is 2.59. The van der Waals surface area contributed by atoms with Crippen LogP contribution in [0.5, 0.6) is 0 Å². The Bertz CT molecular complexity index is 914. The molecule has 1 N–H and O–H groups in total. The number of rotatable bonds is 3. The molecule has 132 valence electrons. The van der Waals surface area contributed by atoms with Crippen LogP contribution >= 0.6 is 0 Å². The lowest BCUT2D eigenvalue weighted by molar-refractivity contribution is -0.122. The van der Waals surface area contributed by atoms with E-state index in [2.05, 4.69) is 5.32 Å². The Morgan fingerprint density at radius 3 is 2.31 bits per heavy atom. The van der Waals surface area contributed by atoms with Crippen molar-refractivity contribution >= 4 is 35.3 Å². The van der Waals surface area contributed by atoms with Gasteiger partial charge in [-0.2, -0.15) is 0 Å². The van der Waals surface area contributed by atoms with Crippen LogP contribution in [-0.2, 0) is 9.59 Å². The highest BCUT2D eigenvalue weighted by Gasteiger charge is 2.36. The molecule has 2 aromatic carbocycles. The number of anilines is 2. The highest BCUT2D eigenvalue weighted by atomic mass is 16.2. The van der Waals surface area contributed by atoms with E-state index in [1.165, 1.54) is 6.08 Å². The Kier molecular flexibility index (Phi) is 4.58. The van der Waals surface area contributed by atoms with Crippen molar-refractivity contribution in [1.29, 1.82) is 0 Å². The minimum absolute atomic E-state index is 0.0799. The summed E-state index contributed by atoms with van der Waals surface area (Å²) in [6, 6.07) is 13.7. The van der Waals surface area contributed by atoms with Gasteiger partial charge in [0, 0.05) is 19.8 Å². The Morgan fingerprint density at radius 2 is 1.69 bits per heavy atom. The van der Waals surface area contributed by atoms with E-state index in [4.69, 9.17) is 0 Å². The Morgan fingerprint density at radius 1 is 1.00 bits per heavy atom. The second kappa shape index (κ2) is 6.84. The topological polar surface area (TPSA) is 69.7 Å². The molecule has 0 saturated carbocycles. The van der Waals surface area contributed by atoms with Gasteiger partial charge in [-0.1, -0.05) is 24.3 Å². The second-order valence-electron chi connectivity index (χ2n) is 6.28. The molecular weight excluding hydrogens is 330 g/mol. The Balaban J connectivity index is 1.97. The van der Waals surface area contributed by atoms with Gasteiger partial charge in [0.2, 0.25) is 0 Å². The zero-order chi connectivity index (χ0) is 18.8. The zero-order valence-corrected chi connectivity index (χ0v) is 14.8. The van der Waals surface area contributed by atoms with Crippen molar-refractivity contribution in [2.24, 2.45) is 0 Å². The quantitative estimate of drug-likeness (QED) is 0.683. The normalized spacial score (nSPS) is 16.0. The molecule has 3 rings (SSSR count). The number of aryl methyl sites for hydroxylation is 1. The first-order valence-corrected chi connectivity index (χ1v) is 8.12. The monoisotopic (exact) mass is 349 g/mol. The summed E-state index contributed by atoms with van der Waals surface area (Å²) < 4.78 is 0. The SMILES string of the molecule is Cc1cccc(N2C(=O)NC(=O)C(=Cc3ccc(N(C)C)cc3)C2=O)c1. The number of benzene rings is 2. The lowest BCUT2D eigenvalue weighted by Gasteiger charge is -2.26. The molecule has 0 atom stereocenters. The highest BCUT2D eigenvalue weighted by Crippen LogP contribution is 2.23. The minimum Gasteiger partial charge on any atom is -0.378 e. The molecule has 0 bridgehead atoms. The molecule has 1 aliphatic rings. The molecular formula is C20H19N3O3. The van der Waals surface area contributed by atoms with Gasteiger partial charge in [-0.15, -0.1) is 0 Å². The smallest absolute Gasteiger partial charge is 0.335 e. The van der Waals surface area contributed by atoms with Crippen LogP contribution in [0, 0.1) is 6.92 Å². The summed E-state index contributed by atoms with van der Waals surface area (Å²) in [6.45, 7) is 1.87. The molecule has 6 nitrogen and oxygen atoms in total. The third-order valence-corrected chi connectivity index (χ3v) is 4.08. The van der Waals surface area contributed by atoms with Crippen molar-refractivity contribution in [3.8, 4) is 0 Å². The van der Waals surface area contributed by atoms with Crippen molar-refractivity contribution in [3.05, 3.63) is 65.2 Å².